The highest BCUT2D eigenvalue weighted by atomic mass is 16.5. The van der Waals surface area contributed by atoms with Crippen LogP contribution in [-0.2, 0) is 23.9 Å². The molecule has 2 atom stereocenters. The number of carbonyl (C=O) groups is 4. The highest BCUT2D eigenvalue weighted by molar-refractivity contribution is 6.08. The zero-order valence-electron chi connectivity index (χ0n) is 32.2. The van der Waals surface area contributed by atoms with Crippen molar-refractivity contribution in [3.05, 3.63) is 102 Å². The summed E-state index contributed by atoms with van der Waals surface area (Å²) >= 11 is 0. The molecule has 4 rings (SSSR count). The zero-order chi connectivity index (χ0) is 39.1. The molecule has 52 heavy (non-hydrogen) atoms. The monoisotopic (exact) mass is 711 g/mol. The number of nitrogen functional groups attached to an aromatic ring is 1. The van der Waals surface area contributed by atoms with Gasteiger partial charge in [0, 0.05) is 38.5 Å². The van der Waals surface area contributed by atoms with Gasteiger partial charge in [-0.2, -0.15) is 0 Å². The van der Waals surface area contributed by atoms with Gasteiger partial charge in [0.05, 0.1) is 29.7 Å². The Morgan fingerprint density at radius 2 is 1.56 bits per heavy atom. The van der Waals surface area contributed by atoms with E-state index in [1.165, 1.54) is 7.11 Å². The van der Waals surface area contributed by atoms with E-state index in [0.717, 1.165) is 28.7 Å². The highest BCUT2D eigenvalue weighted by Gasteiger charge is 2.25. The number of amides is 2. The van der Waals surface area contributed by atoms with Crippen molar-refractivity contribution in [3.8, 4) is 0 Å². The van der Waals surface area contributed by atoms with Crippen molar-refractivity contribution in [2.45, 2.75) is 66.7 Å². The first-order valence-electron chi connectivity index (χ1n) is 17.5. The van der Waals surface area contributed by atoms with Crippen LogP contribution in [0.15, 0.2) is 91.1 Å². The van der Waals surface area contributed by atoms with Gasteiger partial charge in [-0.3, -0.25) is 19.4 Å². The van der Waals surface area contributed by atoms with Crippen molar-refractivity contribution in [3.63, 3.8) is 0 Å². The number of allylic oxidation sites excluding steroid dienone is 1. The molecular weight excluding hydrogens is 654 g/mol. The van der Waals surface area contributed by atoms with E-state index >= 15 is 0 Å². The van der Waals surface area contributed by atoms with E-state index in [4.69, 9.17) is 5.73 Å². The maximum absolute atomic E-state index is 12.4. The number of ether oxygens (including phenoxy) is 1. The number of methoxy groups -OCH3 is 1. The van der Waals surface area contributed by atoms with Gasteiger partial charge < -0.3 is 31.2 Å². The van der Waals surface area contributed by atoms with Gasteiger partial charge in [0.2, 0.25) is 11.8 Å². The largest absolute Gasteiger partial charge is 0.469 e. The molecule has 0 saturated carbocycles. The number of nitrogens with zero attached hydrogens (tertiary/aromatic N) is 1. The Morgan fingerprint density at radius 1 is 0.923 bits per heavy atom. The van der Waals surface area contributed by atoms with Crippen molar-refractivity contribution in [2.75, 3.05) is 37.6 Å². The second-order valence-electron chi connectivity index (χ2n) is 12.6. The van der Waals surface area contributed by atoms with Crippen LogP contribution in [0.1, 0.15) is 77.8 Å². The van der Waals surface area contributed by atoms with E-state index in [-0.39, 0.29) is 29.1 Å². The molecular formula is C42H57N5O5. The molecule has 1 heterocycles. The minimum atomic E-state index is -0.833. The number of aromatic nitrogens is 1. The molecule has 3 aromatic carbocycles. The molecule has 4 aromatic rings. The summed E-state index contributed by atoms with van der Waals surface area (Å²) in [5.41, 5.74) is 10.6. The number of anilines is 3. The molecule has 0 saturated heterocycles. The fourth-order valence-corrected chi connectivity index (χ4v) is 5.47. The predicted octanol–water partition coefficient (Wildman–Crippen LogP) is 8.26. The third-order valence-corrected chi connectivity index (χ3v) is 7.79. The van der Waals surface area contributed by atoms with Gasteiger partial charge in [-0.15, -0.1) is 0 Å². The molecule has 10 nitrogen and oxygen atoms in total. The topological polar surface area (TPSA) is 153 Å². The van der Waals surface area contributed by atoms with Crippen molar-refractivity contribution in [1.29, 1.82) is 0 Å². The van der Waals surface area contributed by atoms with E-state index in [0.29, 0.717) is 35.9 Å². The van der Waals surface area contributed by atoms with Crippen LogP contribution in [0.5, 0.6) is 0 Å². The number of hydrogen-bond acceptors (Lipinski definition) is 8. The van der Waals surface area contributed by atoms with Crippen molar-refractivity contribution >= 4 is 58.1 Å². The summed E-state index contributed by atoms with van der Waals surface area (Å²) in [6, 6.07) is 24.2. The van der Waals surface area contributed by atoms with Gasteiger partial charge >= 0.3 is 5.97 Å². The van der Waals surface area contributed by atoms with Crippen molar-refractivity contribution in [1.82, 2.24) is 10.3 Å². The Hall–Kier alpha value is -5.51. The number of fused-ring (bicyclic) bond motifs is 1. The first kappa shape index (κ1) is 44.5. The molecule has 1 aromatic heterocycles. The molecule has 0 bridgehead atoms. The lowest BCUT2D eigenvalue weighted by Crippen LogP contribution is -2.27. The second kappa shape index (κ2) is 23.8. The molecule has 280 valence electrons. The van der Waals surface area contributed by atoms with E-state index < -0.39 is 5.92 Å². The molecule has 0 aliphatic carbocycles. The Balaban J connectivity index is 0.000000400. The van der Waals surface area contributed by atoms with Gasteiger partial charge in [-0.25, -0.2) is 0 Å². The Kier molecular flexibility index (Phi) is 20.4. The summed E-state index contributed by atoms with van der Waals surface area (Å²) in [6.45, 7) is 12.1. The summed E-state index contributed by atoms with van der Waals surface area (Å²) in [5, 5.41) is 9.39. The Morgan fingerprint density at radius 3 is 2.15 bits per heavy atom. The third kappa shape index (κ3) is 15.2. The lowest BCUT2D eigenvalue weighted by molar-refractivity contribution is -0.141. The van der Waals surface area contributed by atoms with Gasteiger partial charge in [-0.1, -0.05) is 107 Å². The molecule has 2 amide bonds. The number of nitrogens with one attached hydrogen (secondary N) is 3. The summed E-state index contributed by atoms with van der Waals surface area (Å²) < 4.78 is 4.62. The first-order valence-corrected chi connectivity index (χ1v) is 17.5. The number of carbonyl (C=O) groups excluding carboxylic acids is 4. The van der Waals surface area contributed by atoms with Crippen LogP contribution in [-0.4, -0.2) is 50.3 Å². The quantitative estimate of drug-likeness (QED) is 0.0496. The normalized spacial score (nSPS) is 11.6. The number of pyridine rings is 1. The standard InChI is InChI=1S/C18H14N2O2.C12H23NO3.C10H14N2.C2H6/c21-12-15(13-6-2-1-3-7-13)18(22)20-16-10-4-8-14-9-5-11-19-17(14)16;1-9(6-11(15)16-5)7-12(2,3)8-10(14)13-4;1-3-5-8-6-4-7-9(12-2)10(8)11;1-2/h1-12,15H,(H,20,22);9H,6-8H2,1-5H3,(H,13,14);3-7,12H,11H2,1-2H3;1-2H3/b;;5-3-;. The molecule has 2 unspecified atom stereocenters. The van der Waals surface area contributed by atoms with Crippen LogP contribution in [0.3, 0.4) is 0 Å². The SMILES string of the molecule is C/C=C\c1cccc(NC)c1N.CC.CNC(=O)CC(C)(C)CC(C)CC(=O)OC.O=CC(C(=O)Nc1cccc2cccnc12)c1ccccc1. The van der Waals surface area contributed by atoms with E-state index in [1.807, 2.05) is 109 Å². The Bertz CT molecular complexity index is 1720. The summed E-state index contributed by atoms with van der Waals surface area (Å²) in [4.78, 5) is 50.4. The average Bonchev–Trinajstić information content (AvgIpc) is 3.14. The molecule has 0 spiro atoms. The summed E-state index contributed by atoms with van der Waals surface area (Å²) in [7, 11) is 4.89. The van der Waals surface area contributed by atoms with Crippen LogP contribution in [0.2, 0.25) is 0 Å². The highest BCUT2D eigenvalue weighted by Crippen LogP contribution is 2.30. The first-order chi connectivity index (χ1) is 24.9. The maximum Gasteiger partial charge on any atom is 0.305 e. The summed E-state index contributed by atoms with van der Waals surface area (Å²) in [5.74, 6) is -1.12. The van der Waals surface area contributed by atoms with Gasteiger partial charge in [0.15, 0.2) is 0 Å². The maximum atomic E-state index is 12.4. The molecule has 0 radical (unpaired) electrons. The number of hydrogen-bond donors (Lipinski definition) is 4. The minimum Gasteiger partial charge on any atom is -0.469 e. The number of aldehydes is 1. The zero-order valence-corrected chi connectivity index (χ0v) is 32.2. The number of nitrogens with two attached hydrogens (primary N) is 1. The van der Waals surface area contributed by atoms with Gasteiger partial charge in [-0.05, 0) is 54.0 Å². The number of esters is 1. The van der Waals surface area contributed by atoms with Gasteiger partial charge in [0.1, 0.15) is 12.2 Å². The molecule has 0 aliphatic heterocycles. The Labute approximate surface area is 309 Å². The molecule has 5 N–H and O–H groups in total. The lowest BCUT2D eigenvalue weighted by Gasteiger charge is -2.26. The summed E-state index contributed by atoms with van der Waals surface area (Å²) in [6.07, 6.45) is 8.02. The van der Waals surface area contributed by atoms with E-state index in [9.17, 15) is 19.2 Å². The van der Waals surface area contributed by atoms with Crippen LogP contribution in [0, 0.1) is 11.3 Å². The van der Waals surface area contributed by atoms with E-state index in [1.54, 1.807) is 43.6 Å². The van der Waals surface area contributed by atoms with Crippen LogP contribution in [0.25, 0.3) is 17.0 Å². The molecule has 10 heteroatoms. The smallest absolute Gasteiger partial charge is 0.305 e. The molecule has 0 aliphatic rings. The lowest BCUT2D eigenvalue weighted by atomic mass is 9.79. The van der Waals surface area contributed by atoms with E-state index in [2.05, 4.69) is 25.7 Å². The number of rotatable bonds is 12. The average molecular weight is 712 g/mol. The van der Waals surface area contributed by atoms with Crippen LogP contribution >= 0.6 is 0 Å². The fourth-order valence-electron chi connectivity index (χ4n) is 5.47. The number of benzene rings is 3. The van der Waals surface area contributed by atoms with Crippen LogP contribution in [0.4, 0.5) is 17.1 Å². The third-order valence-electron chi connectivity index (χ3n) is 7.79. The molecule has 0 fully saturated rings. The second-order valence-corrected chi connectivity index (χ2v) is 12.6. The fraction of sp³-hybridized carbons (Fsp3) is 0.357. The minimum absolute atomic E-state index is 0.0373. The van der Waals surface area contributed by atoms with Crippen molar-refractivity contribution in [2.24, 2.45) is 11.3 Å². The van der Waals surface area contributed by atoms with Gasteiger partial charge in [0.25, 0.3) is 0 Å². The predicted molar refractivity (Wildman–Crippen MR) is 215 cm³/mol. The van der Waals surface area contributed by atoms with Crippen molar-refractivity contribution < 1.29 is 23.9 Å². The number of para-hydroxylation sites is 2. The van der Waals surface area contributed by atoms with Crippen LogP contribution < -0.4 is 21.7 Å².